The summed E-state index contributed by atoms with van der Waals surface area (Å²) in [4.78, 5) is 9.09. The van der Waals surface area contributed by atoms with Crippen molar-refractivity contribution < 1.29 is 4.43 Å². The normalized spacial score (nSPS) is 18.3. The van der Waals surface area contributed by atoms with Crippen LogP contribution in [0, 0.1) is 35.5 Å². The van der Waals surface area contributed by atoms with Gasteiger partial charge in [-0.15, -0.1) is 0 Å². The summed E-state index contributed by atoms with van der Waals surface area (Å²) in [7, 11) is -1.95. The number of halogens is 1. The molecule has 1 heterocycles. The maximum absolute atomic E-state index is 9.67. The van der Waals surface area contributed by atoms with E-state index in [-0.39, 0.29) is 17.0 Å². The van der Waals surface area contributed by atoms with Gasteiger partial charge < -0.3 is 15.1 Å². The fourth-order valence-corrected chi connectivity index (χ4v) is 5.04. The van der Waals surface area contributed by atoms with E-state index in [1.54, 1.807) is 12.3 Å². The number of anilines is 3. The van der Waals surface area contributed by atoms with E-state index in [0.717, 1.165) is 46.4 Å². The lowest BCUT2D eigenvalue weighted by molar-refractivity contribution is 0.275. The van der Waals surface area contributed by atoms with Crippen molar-refractivity contribution in [2.75, 3.05) is 10.6 Å². The molecular formula is C25H33BrN6OSi. The molecule has 0 aliphatic heterocycles. The smallest absolute Gasteiger partial charge is 0.229 e. The lowest BCUT2D eigenvalue weighted by Crippen LogP contribution is -2.40. The van der Waals surface area contributed by atoms with Crippen molar-refractivity contribution in [2.45, 2.75) is 77.7 Å². The van der Waals surface area contributed by atoms with Crippen LogP contribution in [0.15, 0.2) is 22.8 Å². The van der Waals surface area contributed by atoms with Gasteiger partial charge >= 0.3 is 0 Å². The molecule has 2 unspecified atom stereocenters. The Bertz CT molecular complexity index is 1130. The van der Waals surface area contributed by atoms with E-state index in [0.29, 0.717) is 18.1 Å². The van der Waals surface area contributed by atoms with Crippen LogP contribution in [0.1, 0.15) is 56.7 Å². The molecular weight excluding hydrogens is 508 g/mol. The molecule has 34 heavy (non-hydrogen) atoms. The van der Waals surface area contributed by atoms with Crippen molar-refractivity contribution in [3.05, 3.63) is 39.5 Å². The number of hydrogen-bond donors (Lipinski definition) is 2. The summed E-state index contributed by atoms with van der Waals surface area (Å²) in [6.07, 6.45) is 4.68. The van der Waals surface area contributed by atoms with Crippen LogP contribution >= 0.6 is 15.9 Å². The molecule has 1 aliphatic carbocycles. The number of rotatable bonds is 7. The summed E-state index contributed by atoms with van der Waals surface area (Å²) >= 11 is 3.58. The van der Waals surface area contributed by atoms with Gasteiger partial charge in [-0.3, -0.25) is 0 Å². The van der Waals surface area contributed by atoms with Gasteiger partial charge in [0.2, 0.25) is 5.95 Å². The summed E-state index contributed by atoms with van der Waals surface area (Å²) < 4.78 is 7.15. The minimum atomic E-state index is -1.95. The average Bonchev–Trinajstić information content (AvgIpc) is 3.22. The maximum atomic E-state index is 9.67. The van der Waals surface area contributed by atoms with Crippen molar-refractivity contribution >= 4 is 41.7 Å². The Kier molecular flexibility index (Phi) is 8.02. The SMILES string of the molecule is Cc1cnc(Nc2cc(C#N)c(Br)c(CO[Si](C)(C)C(C)(C)C)c2)nc1NC1CCCC1C#N. The van der Waals surface area contributed by atoms with Crippen molar-refractivity contribution in [1.82, 2.24) is 9.97 Å². The molecule has 7 nitrogen and oxygen atoms in total. The zero-order valence-electron chi connectivity index (χ0n) is 20.8. The summed E-state index contributed by atoms with van der Waals surface area (Å²) in [5, 5.41) is 25.9. The van der Waals surface area contributed by atoms with Gasteiger partial charge in [0.05, 0.1) is 24.2 Å². The highest BCUT2D eigenvalue weighted by Crippen LogP contribution is 2.38. The van der Waals surface area contributed by atoms with Crippen LogP contribution in [-0.4, -0.2) is 24.3 Å². The Labute approximate surface area is 212 Å². The maximum Gasteiger partial charge on any atom is 0.229 e. The Morgan fingerprint density at radius 1 is 1.24 bits per heavy atom. The Morgan fingerprint density at radius 2 is 1.97 bits per heavy atom. The van der Waals surface area contributed by atoms with Crippen molar-refractivity contribution in [1.29, 1.82) is 10.5 Å². The number of benzene rings is 1. The Morgan fingerprint density at radius 3 is 2.62 bits per heavy atom. The Hall–Kier alpha value is -2.46. The second kappa shape index (κ2) is 10.4. The van der Waals surface area contributed by atoms with E-state index < -0.39 is 8.32 Å². The van der Waals surface area contributed by atoms with Gasteiger partial charge in [-0.05, 0) is 77.9 Å². The third-order valence-electron chi connectivity index (χ3n) is 6.89. The average molecular weight is 542 g/mol. The molecule has 1 aromatic carbocycles. The first-order valence-corrected chi connectivity index (χ1v) is 15.3. The lowest BCUT2D eigenvalue weighted by atomic mass is 10.1. The van der Waals surface area contributed by atoms with Gasteiger partial charge in [0.25, 0.3) is 0 Å². The summed E-state index contributed by atoms with van der Waals surface area (Å²) in [5.41, 5.74) is 3.07. The van der Waals surface area contributed by atoms with Gasteiger partial charge in [-0.2, -0.15) is 15.5 Å². The number of nitrogens with one attached hydrogen (secondary N) is 2. The van der Waals surface area contributed by atoms with Crippen molar-refractivity contribution in [2.24, 2.45) is 5.92 Å². The van der Waals surface area contributed by atoms with E-state index in [1.165, 1.54) is 0 Å². The first kappa shape index (κ1) is 26.1. The second-order valence-electron chi connectivity index (χ2n) is 10.4. The van der Waals surface area contributed by atoms with Crippen LogP contribution in [0.4, 0.5) is 17.5 Å². The third kappa shape index (κ3) is 5.96. The fraction of sp³-hybridized carbons (Fsp3) is 0.520. The monoisotopic (exact) mass is 540 g/mol. The lowest BCUT2D eigenvalue weighted by Gasteiger charge is -2.36. The highest BCUT2D eigenvalue weighted by Gasteiger charge is 2.37. The number of hydrogen-bond acceptors (Lipinski definition) is 7. The fourth-order valence-electron chi connectivity index (χ4n) is 3.66. The molecule has 2 aromatic rings. The molecule has 2 atom stereocenters. The van der Waals surface area contributed by atoms with Crippen LogP contribution in [-0.2, 0) is 11.0 Å². The van der Waals surface area contributed by atoms with Gasteiger partial charge in [0, 0.05) is 28.0 Å². The molecule has 9 heteroatoms. The summed E-state index contributed by atoms with van der Waals surface area (Å²) in [5.74, 6) is 1.16. The van der Waals surface area contributed by atoms with Crippen LogP contribution in [0.2, 0.25) is 18.1 Å². The second-order valence-corrected chi connectivity index (χ2v) is 16.0. The molecule has 1 fully saturated rings. The highest BCUT2D eigenvalue weighted by atomic mass is 79.9. The van der Waals surface area contributed by atoms with Crippen LogP contribution in [0.5, 0.6) is 0 Å². The van der Waals surface area contributed by atoms with Gasteiger partial charge in [0.1, 0.15) is 11.9 Å². The third-order valence-corrected chi connectivity index (χ3v) is 12.3. The Balaban J connectivity index is 1.83. The zero-order valence-corrected chi connectivity index (χ0v) is 23.4. The minimum Gasteiger partial charge on any atom is -0.413 e. The molecule has 0 spiro atoms. The summed E-state index contributed by atoms with van der Waals surface area (Å²) in [6.45, 7) is 13.4. The highest BCUT2D eigenvalue weighted by molar-refractivity contribution is 9.10. The topological polar surface area (TPSA) is 107 Å². The van der Waals surface area contributed by atoms with E-state index in [2.05, 4.69) is 82.5 Å². The van der Waals surface area contributed by atoms with E-state index in [1.807, 2.05) is 13.0 Å². The zero-order chi connectivity index (χ0) is 25.1. The molecule has 1 saturated carbocycles. The van der Waals surface area contributed by atoms with Gasteiger partial charge in [0.15, 0.2) is 8.32 Å². The predicted octanol–water partition coefficient (Wildman–Crippen LogP) is 6.79. The van der Waals surface area contributed by atoms with E-state index >= 15 is 0 Å². The molecule has 3 rings (SSSR count). The molecule has 1 aromatic heterocycles. The first-order valence-electron chi connectivity index (χ1n) is 11.6. The van der Waals surface area contributed by atoms with E-state index in [9.17, 15) is 10.5 Å². The van der Waals surface area contributed by atoms with Crippen LogP contribution in [0.25, 0.3) is 0 Å². The minimum absolute atomic E-state index is 0.00103. The molecule has 0 amide bonds. The number of nitrogens with zero attached hydrogens (tertiary/aromatic N) is 4. The van der Waals surface area contributed by atoms with E-state index in [4.69, 9.17) is 4.43 Å². The molecule has 180 valence electrons. The van der Waals surface area contributed by atoms with Gasteiger partial charge in [-0.25, -0.2) is 4.98 Å². The van der Waals surface area contributed by atoms with Crippen molar-refractivity contribution in [3.8, 4) is 12.1 Å². The standard InChI is InChI=1S/C25H33BrN6OSi/c1-16-14-29-24(32-23(16)31-21-9-7-8-17(21)12-27)30-20-10-18(13-28)22(26)19(11-20)15-33-34(5,6)25(2,3)4/h10-11,14,17,21H,7-9,15H2,1-6H3,(H2,29,30,31,32). The largest absolute Gasteiger partial charge is 0.413 e. The van der Waals surface area contributed by atoms with Crippen molar-refractivity contribution in [3.63, 3.8) is 0 Å². The van der Waals surface area contributed by atoms with Crippen LogP contribution in [0.3, 0.4) is 0 Å². The predicted molar refractivity (Wildman–Crippen MR) is 141 cm³/mol. The first-order chi connectivity index (χ1) is 15.9. The number of aromatic nitrogens is 2. The summed E-state index contributed by atoms with van der Waals surface area (Å²) in [6, 6.07) is 8.50. The molecule has 0 saturated heterocycles. The van der Waals surface area contributed by atoms with Gasteiger partial charge in [-0.1, -0.05) is 20.8 Å². The molecule has 0 radical (unpaired) electrons. The number of nitriles is 2. The molecule has 0 bridgehead atoms. The molecule has 2 N–H and O–H groups in total. The number of aryl methyl sites for hydroxylation is 1. The molecule has 1 aliphatic rings. The quantitative estimate of drug-likeness (QED) is 0.372. The van der Waals surface area contributed by atoms with Crippen LogP contribution < -0.4 is 10.6 Å².